The Bertz CT molecular complexity index is 218. The van der Waals surface area contributed by atoms with Gasteiger partial charge in [0.15, 0.2) is 0 Å². The molecule has 1 amide bonds. The highest BCUT2D eigenvalue weighted by Gasteiger charge is 2.17. The van der Waals surface area contributed by atoms with Crippen molar-refractivity contribution in [2.75, 3.05) is 26.2 Å². The second-order valence-electron chi connectivity index (χ2n) is 5.19. The van der Waals surface area contributed by atoms with Crippen LogP contribution in [-0.2, 0) is 4.79 Å². The Hall–Kier alpha value is -0.570. The quantitative estimate of drug-likeness (QED) is 0.722. The van der Waals surface area contributed by atoms with Gasteiger partial charge in [-0.2, -0.15) is 0 Å². The second-order valence-corrected chi connectivity index (χ2v) is 5.19. The summed E-state index contributed by atoms with van der Waals surface area (Å²) in [6, 6.07) is 0. The van der Waals surface area contributed by atoms with Crippen LogP contribution in [0.1, 0.15) is 44.9 Å². The van der Waals surface area contributed by atoms with Crippen molar-refractivity contribution in [3.63, 3.8) is 0 Å². The molecule has 0 spiro atoms. The number of nitrogens with one attached hydrogen (secondary N) is 1. The van der Waals surface area contributed by atoms with Gasteiger partial charge in [-0.15, -0.1) is 0 Å². The molecule has 92 valence electrons. The largest absolute Gasteiger partial charge is 0.343 e. The smallest absolute Gasteiger partial charge is 0.223 e. The fraction of sp³-hybridized carbons (Fsp3) is 0.923. The topological polar surface area (TPSA) is 32.3 Å². The van der Waals surface area contributed by atoms with Crippen molar-refractivity contribution in [3.8, 4) is 0 Å². The molecule has 1 N–H and O–H groups in total. The van der Waals surface area contributed by atoms with Crippen molar-refractivity contribution < 1.29 is 4.79 Å². The minimum atomic E-state index is 0.344. The molecular formula is C13H24N2O. The average molecular weight is 224 g/mol. The first-order valence-corrected chi connectivity index (χ1v) is 6.85. The molecule has 3 heteroatoms. The lowest BCUT2D eigenvalue weighted by Crippen LogP contribution is -2.31. The summed E-state index contributed by atoms with van der Waals surface area (Å²) in [6.07, 6.45) is 8.65. The molecule has 0 radical (unpaired) electrons. The van der Waals surface area contributed by atoms with Crippen LogP contribution in [0.25, 0.3) is 0 Å². The molecule has 0 unspecified atom stereocenters. The van der Waals surface area contributed by atoms with Gasteiger partial charge < -0.3 is 10.2 Å². The Balaban J connectivity index is 1.51. The summed E-state index contributed by atoms with van der Waals surface area (Å²) < 4.78 is 0. The summed E-state index contributed by atoms with van der Waals surface area (Å²) in [5, 5.41) is 3.43. The molecule has 2 rings (SSSR count). The first-order chi connectivity index (χ1) is 7.86. The van der Waals surface area contributed by atoms with Gasteiger partial charge in [0.25, 0.3) is 0 Å². The lowest BCUT2D eigenvalue weighted by Gasteiger charge is -2.16. The van der Waals surface area contributed by atoms with Crippen molar-refractivity contribution in [2.45, 2.75) is 44.9 Å². The number of carbonyl (C=O) groups is 1. The van der Waals surface area contributed by atoms with E-state index in [1.165, 1.54) is 38.5 Å². The zero-order valence-corrected chi connectivity index (χ0v) is 10.2. The van der Waals surface area contributed by atoms with E-state index in [0.29, 0.717) is 12.3 Å². The van der Waals surface area contributed by atoms with Gasteiger partial charge in [-0.05, 0) is 38.1 Å². The van der Waals surface area contributed by atoms with Crippen molar-refractivity contribution >= 4 is 5.91 Å². The zero-order valence-electron chi connectivity index (χ0n) is 10.2. The van der Waals surface area contributed by atoms with E-state index in [4.69, 9.17) is 0 Å². The van der Waals surface area contributed by atoms with Crippen LogP contribution >= 0.6 is 0 Å². The number of rotatable bonds is 5. The molecule has 1 aliphatic carbocycles. The zero-order chi connectivity index (χ0) is 11.2. The normalized spacial score (nSPS) is 21.9. The number of carbonyl (C=O) groups excluding carboxylic acids is 1. The fourth-order valence-corrected chi connectivity index (χ4v) is 2.84. The first kappa shape index (κ1) is 11.9. The lowest BCUT2D eigenvalue weighted by molar-refractivity contribution is -0.130. The third kappa shape index (κ3) is 3.48. The number of nitrogens with zero attached hydrogens (tertiary/aromatic N) is 1. The fourth-order valence-electron chi connectivity index (χ4n) is 2.84. The Kier molecular flexibility index (Phi) is 4.64. The third-order valence-electron chi connectivity index (χ3n) is 3.88. The first-order valence-electron chi connectivity index (χ1n) is 6.85. The molecule has 1 saturated heterocycles. The van der Waals surface area contributed by atoms with Crippen LogP contribution in [0, 0.1) is 5.92 Å². The van der Waals surface area contributed by atoms with E-state index in [0.717, 1.165) is 32.1 Å². The second kappa shape index (κ2) is 6.24. The number of hydrogen-bond donors (Lipinski definition) is 1. The van der Waals surface area contributed by atoms with E-state index in [2.05, 4.69) is 5.32 Å². The van der Waals surface area contributed by atoms with Crippen LogP contribution in [0.2, 0.25) is 0 Å². The third-order valence-corrected chi connectivity index (χ3v) is 3.88. The Morgan fingerprint density at radius 2 is 1.81 bits per heavy atom. The van der Waals surface area contributed by atoms with Gasteiger partial charge >= 0.3 is 0 Å². The molecule has 1 aliphatic heterocycles. The minimum absolute atomic E-state index is 0.344. The Labute approximate surface area is 98.6 Å². The van der Waals surface area contributed by atoms with Gasteiger partial charge in [0.1, 0.15) is 0 Å². The van der Waals surface area contributed by atoms with Crippen LogP contribution in [-0.4, -0.2) is 37.0 Å². The van der Waals surface area contributed by atoms with Gasteiger partial charge in [-0.25, -0.2) is 0 Å². The molecule has 0 bridgehead atoms. The molecule has 0 aromatic heterocycles. The summed E-state index contributed by atoms with van der Waals surface area (Å²) in [5.41, 5.74) is 0. The maximum absolute atomic E-state index is 11.7. The predicted octanol–water partition coefficient (Wildman–Crippen LogP) is 1.78. The van der Waals surface area contributed by atoms with E-state index in [1.54, 1.807) is 0 Å². The maximum atomic E-state index is 11.7. The Morgan fingerprint density at radius 3 is 2.50 bits per heavy atom. The SMILES string of the molecule is O=C(CCNCC1CCCC1)N1CCCC1. The molecule has 0 aromatic carbocycles. The Morgan fingerprint density at radius 1 is 1.12 bits per heavy atom. The molecule has 0 aromatic rings. The van der Waals surface area contributed by atoms with Crippen molar-refractivity contribution in [2.24, 2.45) is 5.92 Å². The van der Waals surface area contributed by atoms with E-state index in [-0.39, 0.29) is 0 Å². The van der Waals surface area contributed by atoms with Crippen LogP contribution in [0.3, 0.4) is 0 Å². The van der Waals surface area contributed by atoms with Gasteiger partial charge in [0.05, 0.1) is 0 Å². The van der Waals surface area contributed by atoms with Crippen LogP contribution < -0.4 is 5.32 Å². The molecule has 3 nitrogen and oxygen atoms in total. The molecule has 16 heavy (non-hydrogen) atoms. The number of hydrogen-bond acceptors (Lipinski definition) is 2. The van der Waals surface area contributed by atoms with E-state index in [9.17, 15) is 4.79 Å². The molecule has 1 heterocycles. The minimum Gasteiger partial charge on any atom is -0.343 e. The molecule has 1 saturated carbocycles. The van der Waals surface area contributed by atoms with Gasteiger partial charge in [-0.3, -0.25) is 4.79 Å². The highest BCUT2D eigenvalue weighted by molar-refractivity contribution is 5.76. The summed E-state index contributed by atoms with van der Waals surface area (Å²) in [6.45, 7) is 3.96. The van der Waals surface area contributed by atoms with E-state index < -0.39 is 0 Å². The standard InChI is InChI=1S/C13H24N2O/c16-13(15-9-3-4-10-15)7-8-14-11-12-5-1-2-6-12/h12,14H,1-11H2. The van der Waals surface area contributed by atoms with Gasteiger partial charge in [0.2, 0.25) is 5.91 Å². The molecular weight excluding hydrogens is 200 g/mol. The van der Waals surface area contributed by atoms with Gasteiger partial charge in [-0.1, -0.05) is 12.8 Å². The highest BCUT2D eigenvalue weighted by atomic mass is 16.2. The summed E-state index contributed by atoms with van der Waals surface area (Å²) >= 11 is 0. The summed E-state index contributed by atoms with van der Waals surface area (Å²) in [7, 11) is 0. The van der Waals surface area contributed by atoms with Crippen LogP contribution in [0.4, 0.5) is 0 Å². The van der Waals surface area contributed by atoms with E-state index in [1.807, 2.05) is 4.90 Å². The lowest BCUT2D eigenvalue weighted by atomic mass is 10.1. The maximum Gasteiger partial charge on any atom is 0.223 e. The summed E-state index contributed by atoms with van der Waals surface area (Å²) in [4.78, 5) is 13.7. The van der Waals surface area contributed by atoms with Crippen LogP contribution in [0.5, 0.6) is 0 Å². The van der Waals surface area contributed by atoms with Crippen LogP contribution in [0.15, 0.2) is 0 Å². The molecule has 2 fully saturated rings. The summed E-state index contributed by atoms with van der Waals surface area (Å²) in [5.74, 6) is 1.22. The monoisotopic (exact) mass is 224 g/mol. The number of amides is 1. The van der Waals surface area contributed by atoms with Crippen molar-refractivity contribution in [3.05, 3.63) is 0 Å². The van der Waals surface area contributed by atoms with Gasteiger partial charge in [0, 0.05) is 26.1 Å². The average Bonchev–Trinajstić information content (AvgIpc) is 2.96. The van der Waals surface area contributed by atoms with Crippen molar-refractivity contribution in [1.29, 1.82) is 0 Å². The highest BCUT2D eigenvalue weighted by Crippen LogP contribution is 2.23. The molecule has 2 aliphatic rings. The molecule has 0 atom stereocenters. The number of likely N-dealkylation sites (tertiary alicyclic amines) is 1. The predicted molar refractivity (Wildman–Crippen MR) is 65.3 cm³/mol. The van der Waals surface area contributed by atoms with Crippen molar-refractivity contribution in [1.82, 2.24) is 10.2 Å². The van der Waals surface area contributed by atoms with E-state index >= 15 is 0 Å².